The molecule has 7 heteroatoms. The Balaban J connectivity index is 2.31. The summed E-state index contributed by atoms with van der Waals surface area (Å²) < 4.78 is 1.48. The van der Waals surface area contributed by atoms with Crippen molar-refractivity contribution in [3.05, 3.63) is 31.0 Å². The number of carbonyl (C=O) groups is 1. The van der Waals surface area contributed by atoms with Gasteiger partial charge in [-0.25, -0.2) is 19.4 Å². The first kappa shape index (κ1) is 12.0. The molecule has 2 aromatic heterocycles. The third-order valence-corrected chi connectivity index (χ3v) is 2.46. The van der Waals surface area contributed by atoms with Crippen LogP contribution in [0.3, 0.4) is 0 Å². The number of carboxylic acid groups (broad SMARTS) is 1. The van der Waals surface area contributed by atoms with E-state index in [0.717, 1.165) is 0 Å². The molecule has 2 heterocycles. The summed E-state index contributed by atoms with van der Waals surface area (Å²) in [5.74, 6) is -0.374. The maximum Gasteiger partial charge on any atom is 0.326 e. The number of pyridine rings is 1. The number of nitrogens with one attached hydrogen (secondary N) is 1. The first-order valence-corrected chi connectivity index (χ1v) is 5.51. The van der Waals surface area contributed by atoms with Gasteiger partial charge in [-0.15, -0.1) is 0 Å². The molecule has 2 rings (SSSR count). The largest absolute Gasteiger partial charge is 0.480 e. The molecular weight excluding hydrogens is 234 g/mol. The molecule has 0 aromatic carbocycles. The molecular formula is C11H13N5O2. The summed E-state index contributed by atoms with van der Waals surface area (Å²) in [7, 11) is 0. The molecule has 1 unspecified atom stereocenters. The van der Waals surface area contributed by atoms with Crippen molar-refractivity contribution in [2.24, 2.45) is 0 Å². The lowest BCUT2D eigenvalue weighted by atomic mass is 10.2. The molecule has 0 aliphatic rings. The number of hydrogen-bond acceptors (Lipinski definition) is 5. The fourth-order valence-corrected chi connectivity index (χ4v) is 1.54. The summed E-state index contributed by atoms with van der Waals surface area (Å²) in [4.78, 5) is 19.0. The zero-order chi connectivity index (χ0) is 13.0. The Hall–Kier alpha value is -2.44. The van der Waals surface area contributed by atoms with E-state index in [1.807, 2.05) is 0 Å². The molecule has 1 atom stereocenters. The number of nitrogens with zero attached hydrogens (tertiary/aromatic N) is 4. The van der Waals surface area contributed by atoms with Crippen LogP contribution in [-0.4, -0.2) is 36.9 Å². The van der Waals surface area contributed by atoms with Gasteiger partial charge in [0.2, 0.25) is 0 Å². The van der Waals surface area contributed by atoms with Gasteiger partial charge in [0.25, 0.3) is 0 Å². The van der Waals surface area contributed by atoms with Gasteiger partial charge in [-0.2, -0.15) is 5.10 Å². The van der Waals surface area contributed by atoms with Gasteiger partial charge in [0.1, 0.15) is 18.7 Å². The first-order valence-electron chi connectivity index (χ1n) is 5.51. The van der Waals surface area contributed by atoms with E-state index in [4.69, 9.17) is 5.11 Å². The van der Waals surface area contributed by atoms with Gasteiger partial charge in [0.05, 0.1) is 5.69 Å². The SMILES string of the molecule is CCC(Nc1cccnc1-n1cncn1)C(=O)O. The van der Waals surface area contributed by atoms with E-state index >= 15 is 0 Å². The zero-order valence-corrected chi connectivity index (χ0v) is 9.82. The minimum absolute atomic E-state index is 0.473. The molecule has 0 saturated carbocycles. The Morgan fingerprint density at radius 3 is 3.06 bits per heavy atom. The van der Waals surface area contributed by atoms with Crippen molar-refractivity contribution in [1.29, 1.82) is 0 Å². The fourth-order valence-electron chi connectivity index (χ4n) is 1.54. The number of aliphatic carboxylic acids is 1. The zero-order valence-electron chi connectivity index (χ0n) is 9.82. The maximum absolute atomic E-state index is 11.0. The van der Waals surface area contributed by atoms with Crippen LogP contribution >= 0.6 is 0 Å². The molecule has 18 heavy (non-hydrogen) atoms. The number of anilines is 1. The van der Waals surface area contributed by atoms with Crippen LogP contribution in [-0.2, 0) is 4.79 Å². The highest BCUT2D eigenvalue weighted by Gasteiger charge is 2.17. The van der Waals surface area contributed by atoms with Crippen LogP contribution in [0, 0.1) is 0 Å². The number of aromatic nitrogens is 4. The summed E-state index contributed by atoms with van der Waals surface area (Å²) in [5, 5.41) is 16.0. The standard InChI is InChI=1S/C11H13N5O2/c1-2-8(11(17)18)15-9-4-3-5-13-10(9)16-7-12-6-14-16/h3-8,15H,2H2,1H3,(H,17,18). The Kier molecular flexibility index (Phi) is 3.52. The first-order chi connectivity index (χ1) is 8.72. The van der Waals surface area contributed by atoms with Gasteiger partial charge < -0.3 is 10.4 Å². The molecule has 0 saturated heterocycles. The average Bonchev–Trinajstić information content (AvgIpc) is 2.89. The average molecular weight is 247 g/mol. The predicted molar refractivity (Wildman–Crippen MR) is 64.5 cm³/mol. The lowest BCUT2D eigenvalue weighted by molar-refractivity contribution is -0.137. The van der Waals surface area contributed by atoms with Crippen LogP contribution in [0.5, 0.6) is 0 Å². The summed E-state index contributed by atoms with van der Waals surface area (Å²) in [6.45, 7) is 1.80. The monoisotopic (exact) mass is 247 g/mol. The Bertz CT molecular complexity index is 526. The molecule has 0 fully saturated rings. The molecule has 94 valence electrons. The molecule has 2 aromatic rings. The predicted octanol–water partition coefficient (Wildman–Crippen LogP) is 0.937. The van der Waals surface area contributed by atoms with E-state index < -0.39 is 12.0 Å². The molecule has 7 nitrogen and oxygen atoms in total. The molecule has 0 amide bonds. The third kappa shape index (κ3) is 2.45. The number of rotatable bonds is 5. The van der Waals surface area contributed by atoms with Crippen LogP contribution in [0.1, 0.15) is 13.3 Å². The summed E-state index contributed by atoms with van der Waals surface area (Å²) >= 11 is 0. The summed E-state index contributed by atoms with van der Waals surface area (Å²) in [5.41, 5.74) is 0.609. The second-order valence-corrected chi connectivity index (χ2v) is 3.66. The highest BCUT2D eigenvalue weighted by atomic mass is 16.4. The molecule has 2 N–H and O–H groups in total. The number of carboxylic acids is 1. The van der Waals surface area contributed by atoms with Crippen molar-refractivity contribution in [3.8, 4) is 5.82 Å². The van der Waals surface area contributed by atoms with Gasteiger partial charge in [-0.1, -0.05) is 6.92 Å². The van der Waals surface area contributed by atoms with Gasteiger partial charge in [0, 0.05) is 6.20 Å². The Labute approximate surface area is 104 Å². The van der Waals surface area contributed by atoms with E-state index in [0.29, 0.717) is 17.9 Å². The van der Waals surface area contributed by atoms with Crippen molar-refractivity contribution in [2.45, 2.75) is 19.4 Å². The quantitative estimate of drug-likeness (QED) is 0.816. The number of hydrogen-bond donors (Lipinski definition) is 2. The van der Waals surface area contributed by atoms with Crippen LogP contribution in [0.25, 0.3) is 5.82 Å². The fraction of sp³-hybridized carbons (Fsp3) is 0.273. The Morgan fingerprint density at radius 2 is 2.44 bits per heavy atom. The minimum Gasteiger partial charge on any atom is -0.480 e. The van der Waals surface area contributed by atoms with Crippen molar-refractivity contribution >= 4 is 11.7 Å². The van der Waals surface area contributed by atoms with Crippen LogP contribution in [0.4, 0.5) is 5.69 Å². The van der Waals surface area contributed by atoms with Crippen molar-refractivity contribution in [2.75, 3.05) is 5.32 Å². The molecule has 0 bridgehead atoms. The summed E-state index contributed by atoms with van der Waals surface area (Å²) in [6.07, 6.45) is 4.99. The van der Waals surface area contributed by atoms with Gasteiger partial charge in [-0.05, 0) is 18.6 Å². The lowest BCUT2D eigenvalue weighted by Crippen LogP contribution is -2.29. The second kappa shape index (κ2) is 5.26. The van der Waals surface area contributed by atoms with E-state index in [2.05, 4.69) is 20.4 Å². The van der Waals surface area contributed by atoms with Crippen LogP contribution in [0.15, 0.2) is 31.0 Å². The smallest absolute Gasteiger partial charge is 0.326 e. The Morgan fingerprint density at radius 1 is 1.61 bits per heavy atom. The van der Waals surface area contributed by atoms with Gasteiger partial charge >= 0.3 is 5.97 Å². The van der Waals surface area contributed by atoms with Crippen LogP contribution < -0.4 is 5.32 Å². The second-order valence-electron chi connectivity index (χ2n) is 3.66. The minimum atomic E-state index is -0.897. The summed E-state index contributed by atoms with van der Waals surface area (Å²) in [6, 6.07) is 2.84. The topological polar surface area (TPSA) is 92.9 Å². The van der Waals surface area contributed by atoms with Gasteiger partial charge in [-0.3, -0.25) is 0 Å². The van der Waals surface area contributed by atoms with Crippen molar-refractivity contribution in [1.82, 2.24) is 19.7 Å². The van der Waals surface area contributed by atoms with Crippen molar-refractivity contribution < 1.29 is 9.90 Å². The van der Waals surface area contributed by atoms with E-state index in [-0.39, 0.29) is 0 Å². The molecule has 0 aliphatic carbocycles. The van der Waals surface area contributed by atoms with E-state index in [1.165, 1.54) is 17.3 Å². The van der Waals surface area contributed by atoms with Crippen molar-refractivity contribution in [3.63, 3.8) is 0 Å². The highest BCUT2D eigenvalue weighted by Crippen LogP contribution is 2.17. The normalized spacial score (nSPS) is 12.1. The molecule has 0 spiro atoms. The van der Waals surface area contributed by atoms with E-state index in [1.54, 1.807) is 25.3 Å². The molecule has 0 radical (unpaired) electrons. The third-order valence-electron chi connectivity index (χ3n) is 2.46. The molecule has 0 aliphatic heterocycles. The van der Waals surface area contributed by atoms with Gasteiger partial charge in [0.15, 0.2) is 5.82 Å². The van der Waals surface area contributed by atoms with Crippen LogP contribution in [0.2, 0.25) is 0 Å². The maximum atomic E-state index is 11.0. The van der Waals surface area contributed by atoms with E-state index in [9.17, 15) is 4.79 Å². The lowest BCUT2D eigenvalue weighted by Gasteiger charge is -2.15. The highest BCUT2D eigenvalue weighted by molar-refractivity contribution is 5.78.